The summed E-state index contributed by atoms with van der Waals surface area (Å²) in [6.07, 6.45) is 1.93. The van der Waals surface area contributed by atoms with Crippen molar-refractivity contribution in [2.24, 2.45) is 0 Å². The lowest BCUT2D eigenvalue weighted by atomic mass is 10.3. The highest BCUT2D eigenvalue weighted by atomic mass is 32.2. The Morgan fingerprint density at radius 3 is 2.76 bits per heavy atom. The highest BCUT2D eigenvalue weighted by Crippen LogP contribution is 2.24. The summed E-state index contributed by atoms with van der Waals surface area (Å²) in [4.78, 5) is 9.66. The lowest BCUT2D eigenvalue weighted by Crippen LogP contribution is -2.44. The topological polar surface area (TPSA) is 24.3 Å². The van der Waals surface area contributed by atoms with Crippen molar-refractivity contribution in [3.8, 4) is 0 Å². The Morgan fingerprint density at radius 1 is 1.24 bits per heavy atom. The van der Waals surface area contributed by atoms with Crippen molar-refractivity contribution in [3.05, 3.63) is 36.9 Å². The number of aromatic nitrogens is 2. The first-order valence-electron chi connectivity index (χ1n) is 7.38. The van der Waals surface area contributed by atoms with Gasteiger partial charge in [0.25, 0.3) is 0 Å². The SMILES string of the molecule is C=CCSc1nc2ccccc2n1CN1CCN(C)CC1. The van der Waals surface area contributed by atoms with Gasteiger partial charge in [0.1, 0.15) is 0 Å². The van der Waals surface area contributed by atoms with Gasteiger partial charge in [-0.1, -0.05) is 30.0 Å². The van der Waals surface area contributed by atoms with Crippen LogP contribution in [0.3, 0.4) is 0 Å². The molecule has 0 unspecified atom stereocenters. The molecule has 2 aromatic rings. The number of benzene rings is 1. The monoisotopic (exact) mass is 302 g/mol. The summed E-state index contributed by atoms with van der Waals surface area (Å²) in [5, 5.41) is 1.09. The van der Waals surface area contributed by atoms with Crippen molar-refractivity contribution in [2.75, 3.05) is 39.0 Å². The lowest BCUT2D eigenvalue weighted by molar-refractivity contribution is 0.123. The van der Waals surface area contributed by atoms with Gasteiger partial charge in [-0.25, -0.2) is 4.98 Å². The Bertz CT molecular complexity index is 614. The van der Waals surface area contributed by atoms with Gasteiger partial charge in [-0.3, -0.25) is 4.90 Å². The third-order valence-corrected chi connectivity index (χ3v) is 4.86. The molecule has 0 atom stereocenters. The van der Waals surface area contributed by atoms with Crippen LogP contribution < -0.4 is 0 Å². The van der Waals surface area contributed by atoms with Crippen molar-refractivity contribution < 1.29 is 0 Å². The van der Waals surface area contributed by atoms with E-state index in [1.165, 1.54) is 5.52 Å². The van der Waals surface area contributed by atoms with Crippen molar-refractivity contribution in [1.29, 1.82) is 0 Å². The highest BCUT2D eigenvalue weighted by molar-refractivity contribution is 7.99. The average molecular weight is 302 g/mol. The molecule has 3 rings (SSSR count). The van der Waals surface area contributed by atoms with Gasteiger partial charge in [0.2, 0.25) is 0 Å². The third-order valence-electron chi connectivity index (χ3n) is 3.89. The van der Waals surface area contributed by atoms with Crippen LogP contribution in [0.4, 0.5) is 0 Å². The molecule has 2 heterocycles. The van der Waals surface area contributed by atoms with Crippen molar-refractivity contribution in [1.82, 2.24) is 19.4 Å². The Labute approximate surface area is 130 Å². The molecule has 112 valence electrons. The van der Waals surface area contributed by atoms with Gasteiger partial charge in [-0.15, -0.1) is 6.58 Å². The quantitative estimate of drug-likeness (QED) is 0.626. The molecular formula is C16H22N4S. The summed E-state index contributed by atoms with van der Waals surface area (Å²) in [7, 11) is 2.19. The Hall–Kier alpha value is -1.30. The number of imidazole rings is 1. The summed E-state index contributed by atoms with van der Waals surface area (Å²) in [5.74, 6) is 0.895. The number of thioether (sulfide) groups is 1. The van der Waals surface area contributed by atoms with Crippen molar-refractivity contribution in [3.63, 3.8) is 0 Å². The molecule has 4 nitrogen and oxygen atoms in total. The van der Waals surface area contributed by atoms with E-state index in [0.29, 0.717) is 0 Å². The molecule has 0 amide bonds. The third kappa shape index (κ3) is 3.31. The second-order valence-corrected chi connectivity index (χ2v) is 6.46. The Morgan fingerprint density at radius 2 is 2.00 bits per heavy atom. The molecule has 1 aromatic heterocycles. The van der Waals surface area contributed by atoms with E-state index in [9.17, 15) is 0 Å². The van der Waals surface area contributed by atoms with Gasteiger partial charge in [0.15, 0.2) is 5.16 Å². The van der Waals surface area contributed by atoms with Crippen LogP contribution in [-0.2, 0) is 6.67 Å². The predicted molar refractivity (Wildman–Crippen MR) is 89.7 cm³/mol. The lowest BCUT2D eigenvalue weighted by Gasteiger charge is -2.32. The number of nitrogens with zero attached hydrogens (tertiary/aromatic N) is 4. The number of para-hydroxylation sites is 2. The minimum absolute atomic E-state index is 0.895. The fourth-order valence-corrected chi connectivity index (χ4v) is 3.36. The van der Waals surface area contributed by atoms with Gasteiger partial charge in [-0.2, -0.15) is 0 Å². The molecule has 0 bridgehead atoms. The van der Waals surface area contributed by atoms with E-state index < -0.39 is 0 Å². The second-order valence-electron chi connectivity index (χ2n) is 5.47. The Balaban J connectivity index is 1.85. The molecule has 5 heteroatoms. The molecular weight excluding hydrogens is 280 g/mol. The fraction of sp³-hybridized carbons (Fsp3) is 0.438. The normalized spacial score (nSPS) is 17.4. The minimum atomic E-state index is 0.895. The summed E-state index contributed by atoms with van der Waals surface area (Å²) in [5.41, 5.74) is 2.31. The second kappa shape index (κ2) is 6.64. The number of fused-ring (bicyclic) bond motifs is 1. The van der Waals surface area contributed by atoms with Gasteiger partial charge in [-0.05, 0) is 19.2 Å². The zero-order chi connectivity index (χ0) is 14.7. The zero-order valence-corrected chi connectivity index (χ0v) is 13.4. The first kappa shape index (κ1) is 14.6. The van der Waals surface area contributed by atoms with Crippen molar-refractivity contribution >= 4 is 22.8 Å². The maximum Gasteiger partial charge on any atom is 0.170 e. The zero-order valence-electron chi connectivity index (χ0n) is 12.5. The summed E-state index contributed by atoms with van der Waals surface area (Å²) < 4.78 is 2.34. The highest BCUT2D eigenvalue weighted by Gasteiger charge is 2.17. The molecule has 0 spiro atoms. The van der Waals surface area contributed by atoms with Gasteiger partial charge >= 0.3 is 0 Å². The first-order chi connectivity index (χ1) is 10.3. The van der Waals surface area contributed by atoms with Crippen molar-refractivity contribution in [2.45, 2.75) is 11.8 Å². The molecule has 0 saturated carbocycles. The van der Waals surface area contributed by atoms with Crippen LogP contribution in [-0.4, -0.2) is 58.3 Å². The first-order valence-corrected chi connectivity index (χ1v) is 8.36. The minimum Gasteiger partial charge on any atom is -0.305 e. The van der Waals surface area contributed by atoms with E-state index in [4.69, 9.17) is 4.98 Å². The molecule has 1 aromatic carbocycles. The van der Waals surface area contributed by atoms with E-state index in [1.54, 1.807) is 11.8 Å². The summed E-state index contributed by atoms with van der Waals surface area (Å²) in [6, 6.07) is 8.40. The number of rotatable bonds is 5. The van der Waals surface area contributed by atoms with Crippen LogP contribution in [0.5, 0.6) is 0 Å². The van der Waals surface area contributed by atoms with Crippen LogP contribution in [0.2, 0.25) is 0 Å². The fourth-order valence-electron chi connectivity index (χ4n) is 2.62. The van der Waals surface area contributed by atoms with Crippen LogP contribution in [0, 0.1) is 0 Å². The van der Waals surface area contributed by atoms with E-state index in [1.807, 2.05) is 6.08 Å². The molecule has 1 fully saturated rings. The Kier molecular flexibility index (Phi) is 4.63. The maximum atomic E-state index is 4.77. The van der Waals surface area contributed by atoms with Crippen LogP contribution in [0.25, 0.3) is 11.0 Å². The maximum absolute atomic E-state index is 4.77. The van der Waals surface area contributed by atoms with Crippen LogP contribution in [0.1, 0.15) is 0 Å². The van der Waals surface area contributed by atoms with E-state index in [2.05, 4.69) is 52.3 Å². The summed E-state index contributed by atoms with van der Waals surface area (Å²) >= 11 is 1.76. The average Bonchev–Trinajstić information content (AvgIpc) is 2.85. The van der Waals surface area contributed by atoms with E-state index in [-0.39, 0.29) is 0 Å². The molecule has 21 heavy (non-hydrogen) atoms. The molecule has 1 aliphatic rings. The number of hydrogen-bond donors (Lipinski definition) is 0. The molecule has 1 aliphatic heterocycles. The largest absolute Gasteiger partial charge is 0.305 e. The van der Waals surface area contributed by atoms with Gasteiger partial charge in [0.05, 0.1) is 17.7 Å². The van der Waals surface area contributed by atoms with Crippen LogP contribution >= 0.6 is 11.8 Å². The summed E-state index contributed by atoms with van der Waals surface area (Å²) in [6.45, 7) is 9.25. The molecule has 0 radical (unpaired) electrons. The smallest absolute Gasteiger partial charge is 0.170 e. The van der Waals surface area contributed by atoms with E-state index in [0.717, 1.165) is 49.3 Å². The van der Waals surface area contributed by atoms with Gasteiger partial charge in [0, 0.05) is 31.9 Å². The van der Waals surface area contributed by atoms with Gasteiger partial charge < -0.3 is 9.47 Å². The molecule has 0 aliphatic carbocycles. The number of hydrogen-bond acceptors (Lipinski definition) is 4. The molecule has 1 saturated heterocycles. The predicted octanol–water partition coefficient (Wildman–Crippen LogP) is 2.52. The van der Waals surface area contributed by atoms with E-state index >= 15 is 0 Å². The number of likely N-dealkylation sites (N-methyl/N-ethyl adjacent to an activating group) is 1. The standard InChI is InChI=1S/C16H22N4S/c1-3-12-21-16-17-14-6-4-5-7-15(14)20(16)13-19-10-8-18(2)9-11-19/h3-7H,1,8-13H2,2H3. The van der Waals surface area contributed by atoms with Crippen LogP contribution in [0.15, 0.2) is 42.1 Å². The molecule has 0 N–H and O–H groups in total. The number of piperazine rings is 1.